The largest absolute Gasteiger partial charge is 0.504 e. The van der Waals surface area contributed by atoms with Crippen LogP contribution in [0.2, 0.25) is 0 Å². The molecule has 1 atom stereocenters. The van der Waals surface area contributed by atoms with Crippen LogP contribution < -0.4 is 10.1 Å². The summed E-state index contributed by atoms with van der Waals surface area (Å²) in [5, 5.41) is 13.3. The van der Waals surface area contributed by atoms with Crippen molar-refractivity contribution in [2.45, 2.75) is 46.5 Å². The van der Waals surface area contributed by atoms with E-state index in [-0.39, 0.29) is 29.3 Å². The Kier molecular flexibility index (Phi) is 6.74. The predicted octanol–water partition coefficient (Wildman–Crippen LogP) is 3.58. The maximum absolute atomic E-state index is 13.3. The molecule has 2 N–H and O–H groups in total. The summed E-state index contributed by atoms with van der Waals surface area (Å²) in [6.45, 7) is 8.79. The van der Waals surface area contributed by atoms with E-state index in [1.807, 2.05) is 13.8 Å². The fourth-order valence-electron chi connectivity index (χ4n) is 4.33. The van der Waals surface area contributed by atoms with Crippen molar-refractivity contribution < 1.29 is 28.9 Å². The number of carbonyl (C=O) groups is 2. The molecule has 168 valence electrons. The summed E-state index contributed by atoms with van der Waals surface area (Å²) < 4.78 is 16.0. The first-order chi connectivity index (χ1) is 14.7. The highest BCUT2D eigenvalue weighted by Gasteiger charge is 2.43. The number of aromatic hydroxyl groups is 1. The molecule has 0 saturated carbocycles. The maximum Gasteiger partial charge on any atom is 0.336 e. The van der Waals surface area contributed by atoms with Gasteiger partial charge in [0.15, 0.2) is 17.3 Å². The zero-order valence-corrected chi connectivity index (χ0v) is 18.8. The van der Waals surface area contributed by atoms with Crippen LogP contribution in [0.1, 0.15) is 52.0 Å². The number of carbonyl (C=O) groups excluding carboxylic acids is 2. The number of benzene rings is 1. The van der Waals surface area contributed by atoms with Crippen LogP contribution in [0.25, 0.3) is 0 Å². The normalized spacial score (nSPS) is 20.3. The van der Waals surface area contributed by atoms with E-state index < -0.39 is 11.9 Å². The number of ketones is 1. The lowest BCUT2D eigenvalue weighted by atomic mass is 9.68. The molecular weight excluding hydrogens is 398 g/mol. The average molecular weight is 430 g/mol. The minimum atomic E-state index is -0.603. The average Bonchev–Trinajstić information content (AvgIpc) is 2.69. The Morgan fingerprint density at radius 2 is 2.00 bits per heavy atom. The first kappa shape index (κ1) is 22.9. The summed E-state index contributed by atoms with van der Waals surface area (Å²) in [6.07, 6.45) is 1.09. The molecule has 0 fully saturated rings. The second-order valence-corrected chi connectivity index (χ2v) is 8.69. The summed E-state index contributed by atoms with van der Waals surface area (Å²) in [5.41, 5.74) is 2.97. The van der Waals surface area contributed by atoms with E-state index in [9.17, 15) is 14.7 Å². The van der Waals surface area contributed by atoms with E-state index >= 15 is 0 Å². The lowest BCUT2D eigenvalue weighted by molar-refractivity contribution is -0.140. The van der Waals surface area contributed by atoms with E-state index in [1.165, 1.54) is 13.2 Å². The molecular formula is C24H31NO6. The van der Waals surface area contributed by atoms with Gasteiger partial charge in [0.2, 0.25) is 0 Å². The molecule has 0 bridgehead atoms. The van der Waals surface area contributed by atoms with Gasteiger partial charge in [-0.05, 0) is 43.4 Å². The Morgan fingerprint density at radius 3 is 2.68 bits per heavy atom. The third-order valence-corrected chi connectivity index (χ3v) is 5.66. The zero-order chi connectivity index (χ0) is 22.8. The number of hydrogen-bond donors (Lipinski definition) is 2. The monoisotopic (exact) mass is 429 g/mol. The number of allylic oxidation sites excluding steroid dienone is 3. The highest BCUT2D eigenvalue weighted by Crippen LogP contribution is 2.47. The lowest BCUT2D eigenvalue weighted by Crippen LogP contribution is -2.38. The number of dihydropyridines is 1. The number of methoxy groups -OCH3 is 1. The molecule has 0 radical (unpaired) electrons. The van der Waals surface area contributed by atoms with Crippen LogP contribution in [-0.4, -0.2) is 43.8 Å². The minimum Gasteiger partial charge on any atom is -0.504 e. The van der Waals surface area contributed by atoms with Crippen LogP contribution in [0.3, 0.4) is 0 Å². The lowest BCUT2D eigenvalue weighted by Gasteiger charge is -2.39. The van der Waals surface area contributed by atoms with Gasteiger partial charge in [0, 0.05) is 35.9 Å². The molecule has 7 nitrogen and oxygen atoms in total. The summed E-state index contributed by atoms with van der Waals surface area (Å²) in [4.78, 5) is 26.3. The van der Waals surface area contributed by atoms with Gasteiger partial charge in [-0.25, -0.2) is 4.79 Å². The number of rotatable bonds is 7. The van der Waals surface area contributed by atoms with Gasteiger partial charge in [0.05, 0.1) is 19.3 Å². The summed E-state index contributed by atoms with van der Waals surface area (Å²) >= 11 is 0. The van der Waals surface area contributed by atoms with Crippen LogP contribution in [0.15, 0.2) is 40.7 Å². The van der Waals surface area contributed by atoms with Crippen molar-refractivity contribution in [1.82, 2.24) is 5.32 Å². The Labute approximate surface area is 183 Å². The van der Waals surface area contributed by atoms with Gasteiger partial charge in [0.25, 0.3) is 0 Å². The van der Waals surface area contributed by atoms with Gasteiger partial charge in [-0.15, -0.1) is 0 Å². The van der Waals surface area contributed by atoms with Crippen molar-refractivity contribution in [1.29, 1.82) is 0 Å². The zero-order valence-electron chi connectivity index (χ0n) is 18.8. The van der Waals surface area contributed by atoms with Crippen LogP contribution in [0.5, 0.6) is 11.5 Å². The van der Waals surface area contributed by atoms with Crippen LogP contribution in [0.4, 0.5) is 0 Å². The Morgan fingerprint density at radius 1 is 1.26 bits per heavy atom. The van der Waals surface area contributed by atoms with Gasteiger partial charge < -0.3 is 24.6 Å². The number of phenols is 1. The molecule has 0 aromatic heterocycles. The van der Waals surface area contributed by atoms with Crippen molar-refractivity contribution in [3.05, 3.63) is 46.3 Å². The fourth-order valence-corrected chi connectivity index (χ4v) is 4.33. The molecule has 0 unspecified atom stereocenters. The molecule has 2 aliphatic rings. The standard InChI is InChI=1S/C24H31NO6/c1-6-30-9-10-31-23(28)20-14(2)25-16-12-24(3,4)13-18(27)22(16)21(20)15-7-8-17(26)19(11-15)29-5/h7-8,11,21,25-26H,6,9-10,12-13H2,1-5H3/t21-/m0/s1. The van der Waals surface area contributed by atoms with Crippen LogP contribution in [-0.2, 0) is 19.1 Å². The molecule has 1 heterocycles. The number of esters is 1. The number of nitrogens with one attached hydrogen (secondary N) is 1. The highest BCUT2D eigenvalue weighted by molar-refractivity contribution is 6.04. The van der Waals surface area contributed by atoms with Gasteiger partial charge in [-0.2, -0.15) is 0 Å². The van der Waals surface area contributed by atoms with Gasteiger partial charge in [0.1, 0.15) is 6.61 Å². The van der Waals surface area contributed by atoms with E-state index in [0.717, 1.165) is 5.70 Å². The van der Waals surface area contributed by atoms with Crippen LogP contribution in [0, 0.1) is 5.41 Å². The first-order valence-corrected chi connectivity index (χ1v) is 10.5. The van der Waals surface area contributed by atoms with Crippen molar-refractivity contribution in [2.75, 3.05) is 26.9 Å². The highest BCUT2D eigenvalue weighted by atomic mass is 16.6. The summed E-state index contributed by atoms with van der Waals surface area (Å²) in [5.74, 6) is -0.821. The maximum atomic E-state index is 13.3. The molecule has 1 aromatic carbocycles. The molecule has 31 heavy (non-hydrogen) atoms. The van der Waals surface area contributed by atoms with Crippen molar-refractivity contribution in [3.8, 4) is 11.5 Å². The first-order valence-electron chi connectivity index (χ1n) is 10.5. The van der Waals surface area contributed by atoms with Gasteiger partial charge in [-0.3, -0.25) is 4.79 Å². The number of Topliss-reactive ketones (excluding diaryl/α,β-unsaturated/α-hetero) is 1. The van der Waals surface area contributed by atoms with Crippen molar-refractivity contribution in [2.24, 2.45) is 5.41 Å². The van der Waals surface area contributed by atoms with Crippen LogP contribution >= 0.6 is 0 Å². The van der Waals surface area contributed by atoms with Gasteiger partial charge in [-0.1, -0.05) is 19.9 Å². The smallest absolute Gasteiger partial charge is 0.336 e. The van der Waals surface area contributed by atoms with Gasteiger partial charge >= 0.3 is 5.97 Å². The number of hydrogen-bond acceptors (Lipinski definition) is 7. The second-order valence-electron chi connectivity index (χ2n) is 8.69. The fraction of sp³-hybridized carbons (Fsp3) is 0.500. The third-order valence-electron chi connectivity index (χ3n) is 5.66. The molecule has 0 amide bonds. The van der Waals surface area contributed by atoms with E-state index in [2.05, 4.69) is 19.2 Å². The molecule has 1 aliphatic heterocycles. The second kappa shape index (κ2) is 9.14. The summed E-state index contributed by atoms with van der Waals surface area (Å²) in [6, 6.07) is 4.90. The van der Waals surface area contributed by atoms with Crippen molar-refractivity contribution >= 4 is 11.8 Å². The molecule has 1 aromatic rings. The minimum absolute atomic E-state index is 0.00269. The van der Waals surface area contributed by atoms with E-state index in [0.29, 0.717) is 48.5 Å². The quantitative estimate of drug-likeness (QED) is 0.505. The molecule has 0 saturated heterocycles. The molecule has 0 spiro atoms. The Bertz CT molecular complexity index is 943. The predicted molar refractivity (Wildman–Crippen MR) is 116 cm³/mol. The topological polar surface area (TPSA) is 94.1 Å². The number of phenolic OH excluding ortho intramolecular Hbond substituents is 1. The molecule has 3 rings (SSSR count). The SMILES string of the molecule is CCOCCOC(=O)C1=C(C)NC2=C(C(=O)CC(C)(C)C2)[C@H]1c1ccc(O)c(OC)c1. The Balaban J connectivity index is 2.07. The van der Waals surface area contributed by atoms with E-state index in [4.69, 9.17) is 14.2 Å². The molecule has 7 heteroatoms. The third kappa shape index (κ3) is 4.77. The summed E-state index contributed by atoms with van der Waals surface area (Å²) in [7, 11) is 1.46. The Hall–Kier alpha value is -2.80. The molecule has 1 aliphatic carbocycles. The van der Waals surface area contributed by atoms with E-state index in [1.54, 1.807) is 12.1 Å². The number of ether oxygens (including phenoxy) is 3. The van der Waals surface area contributed by atoms with Crippen molar-refractivity contribution in [3.63, 3.8) is 0 Å².